The number of amides is 2. The fourth-order valence-electron chi connectivity index (χ4n) is 3.88. The molecule has 1 aromatic heterocycles. The van der Waals surface area contributed by atoms with Crippen molar-refractivity contribution in [2.24, 2.45) is 11.8 Å². The van der Waals surface area contributed by atoms with Crippen LogP contribution in [0, 0.1) is 11.8 Å². The minimum Gasteiger partial charge on any atom is -0.381 e. The van der Waals surface area contributed by atoms with Crippen LogP contribution in [0.4, 0.5) is 0 Å². The first kappa shape index (κ1) is 16.6. The SMILES string of the molecule is O=C(NCC1CCOCC1)C1CN(C(=O)C2CCC2)Cc2ccnn21. The minimum absolute atomic E-state index is 0.0393. The van der Waals surface area contributed by atoms with Gasteiger partial charge in [-0.05, 0) is 37.7 Å². The standard InChI is InChI=1S/C18H26N4O3/c23-17(19-10-13-5-8-25-9-6-13)16-12-21(18(24)14-2-1-3-14)11-15-4-7-20-22(15)16/h4,7,13-14,16H,1-3,5-6,8-12H2,(H,19,23). The second-order valence-electron chi connectivity index (χ2n) is 7.43. The van der Waals surface area contributed by atoms with E-state index in [4.69, 9.17) is 4.74 Å². The van der Waals surface area contributed by atoms with Crippen LogP contribution >= 0.6 is 0 Å². The van der Waals surface area contributed by atoms with Crippen molar-refractivity contribution < 1.29 is 14.3 Å². The van der Waals surface area contributed by atoms with E-state index < -0.39 is 6.04 Å². The van der Waals surface area contributed by atoms with Crippen LogP contribution in [0.25, 0.3) is 0 Å². The Morgan fingerprint density at radius 1 is 1.24 bits per heavy atom. The van der Waals surface area contributed by atoms with Gasteiger partial charge < -0.3 is 15.0 Å². The normalized spacial score (nSPS) is 24.5. The third-order valence-corrected chi connectivity index (χ3v) is 5.77. The number of fused-ring (bicyclic) bond motifs is 1. The largest absolute Gasteiger partial charge is 0.381 e. The summed E-state index contributed by atoms with van der Waals surface area (Å²) in [7, 11) is 0. The van der Waals surface area contributed by atoms with E-state index in [1.165, 1.54) is 0 Å². The van der Waals surface area contributed by atoms with Gasteiger partial charge in [0, 0.05) is 31.9 Å². The van der Waals surface area contributed by atoms with Crippen molar-refractivity contribution >= 4 is 11.8 Å². The van der Waals surface area contributed by atoms with E-state index in [0.717, 1.165) is 51.0 Å². The zero-order valence-electron chi connectivity index (χ0n) is 14.5. The van der Waals surface area contributed by atoms with Crippen LogP contribution < -0.4 is 5.32 Å². The van der Waals surface area contributed by atoms with Crippen molar-refractivity contribution in [1.82, 2.24) is 20.0 Å². The van der Waals surface area contributed by atoms with Gasteiger partial charge in [-0.3, -0.25) is 14.3 Å². The Morgan fingerprint density at radius 3 is 2.76 bits per heavy atom. The van der Waals surface area contributed by atoms with E-state index in [2.05, 4.69) is 10.4 Å². The number of ether oxygens (including phenoxy) is 1. The molecule has 0 spiro atoms. The maximum absolute atomic E-state index is 12.8. The van der Waals surface area contributed by atoms with Gasteiger partial charge in [0.05, 0.1) is 18.8 Å². The van der Waals surface area contributed by atoms with Crippen LogP contribution in [-0.4, -0.2) is 52.8 Å². The zero-order chi connectivity index (χ0) is 17.2. The van der Waals surface area contributed by atoms with Crippen molar-refractivity contribution in [2.75, 3.05) is 26.3 Å². The van der Waals surface area contributed by atoms with Crippen LogP contribution in [0.1, 0.15) is 43.8 Å². The van der Waals surface area contributed by atoms with Crippen LogP contribution in [0.15, 0.2) is 12.3 Å². The molecule has 1 aliphatic carbocycles. The molecule has 1 N–H and O–H groups in total. The maximum Gasteiger partial charge on any atom is 0.246 e. The number of carbonyl (C=O) groups is 2. The third kappa shape index (κ3) is 3.42. The highest BCUT2D eigenvalue weighted by Gasteiger charge is 2.37. The predicted molar refractivity (Wildman–Crippen MR) is 90.6 cm³/mol. The molecule has 4 rings (SSSR count). The average molecular weight is 346 g/mol. The van der Waals surface area contributed by atoms with Crippen LogP contribution in [-0.2, 0) is 20.9 Å². The van der Waals surface area contributed by atoms with Crippen molar-refractivity contribution in [3.63, 3.8) is 0 Å². The Balaban J connectivity index is 1.42. The van der Waals surface area contributed by atoms with E-state index in [0.29, 0.717) is 25.6 Å². The van der Waals surface area contributed by atoms with Gasteiger partial charge in [-0.1, -0.05) is 6.42 Å². The molecule has 0 bridgehead atoms. The summed E-state index contributed by atoms with van der Waals surface area (Å²) >= 11 is 0. The van der Waals surface area contributed by atoms with Gasteiger partial charge in [0.1, 0.15) is 6.04 Å². The molecule has 7 heteroatoms. The van der Waals surface area contributed by atoms with E-state index in [-0.39, 0.29) is 17.7 Å². The van der Waals surface area contributed by atoms with E-state index >= 15 is 0 Å². The molecule has 1 saturated heterocycles. The molecule has 3 heterocycles. The maximum atomic E-state index is 12.8. The molecule has 3 aliphatic rings. The first-order valence-corrected chi connectivity index (χ1v) is 9.39. The molecular formula is C18H26N4O3. The highest BCUT2D eigenvalue weighted by molar-refractivity contribution is 5.83. The van der Waals surface area contributed by atoms with Gasteiger partial charge in [-0.25, -0.2) is 0 Å². The summed E-state index contributed by atoms with van der Waals surface area (Å²) in [5.41, 5.74) is 0.935. The molecule has 7 nitrogen and oxygen atoms in total. The third-order valence-electron chi connectivity index (χ3n) is 5.77. The summed E-state index contributed by atoms with van der Waals surface area (Å²) in [5.74, 6) is 0.787. The number of hydrogen-bond donors (Lipinski definition) is 1. The summed E-state index contributed by atoms with van der Waals surface area (Å²) < 4.78 is 7.15. The summed E-state index contributed by atoms with van der Waals surface area (Å²) in [5, 5.41) is 7.40. The molecule has 1 atom stereocenters. The number of carbonyl (C=O) groups excluding carboxylic acids is 2. The molecular weight excluding hydrogens is 320 g/mol. The van der Waals surface area contributed by atoms with Crippen molar-refractivity contribution in [1.29, 1.82) is 0 Å². The lowest BCUT2D eigenvalue weighted by Gasteiger charge is -2.37. The lowest BCUT2D eigenvalue weighted by Crippen LogP contribution is -2.49. The molecule has 2 aliphatic heterocycles. The monoisotopic (exact) mass is 346 g/mol. The van der Waals surface area contributed by atoms with Crippen molar-refractivity contribution in [3.05, 3.63) is 18.0 Å². The van der Waals surface area contributed by atoms with E-state index in [9.17, 15) is 9.59 Å². The lowest BCUT2D eigenvalue weighted by molar-refractivity contribution is -0.141. The lowest BCUT2D eigenvalue weighted by atomic mass is 9.84. The summed E-state index contributed by atoms with van der Waals surface area (Å²) in [6.07, 6.45) is 6.79. The van der Waals surface area contributed by atoms with Gasteiger partial charge in [0.15, 0.2) is 0 Å². The quantitative estimate of drug-likeness (QED) is 0.886. The fourth-order valence-corrected chi connectivity index (χ4v) is 3.88. The van der Waals surface area contributed by atoms with E-state index in [1.54, 1.807) is 10.9 Å². The van der Waals surface area contributed by atoms with Gasteiger partial charge in [-0.2, -0.15) is 5.10 Å². The Labute approximate surface area is 147 Å². The van der Waals surface area contributed by atoms with Crippen LogP contribution in [0.5, 0.6) is 0 Å². The Kier molecular flexibility index (Phi) is 4.74. The minimum atomic E-state index is -0.428. The smallest absolute Gasteiger partial charge is 0.246 e. The highest BCUT2D eigenvalue weighted by Crippen LogP contribution is 2.31. The molecule has 0 radical (unpaired) electrons. The fraction of sp³-hybridized carbons (Fsp3) is 0.722. The van der Waals surface area contributed by atoms with Crippen molar-refractivity contribution in [2.45, 2.75) is 44.7 Å². The van der Waals surface area contributed by atoms with Gasteiger partial charge in [0.25, 0.3) is 0 Å². The molecule has 2 fully saturated rings. The van der Waals surface area contributed by atoms with Gasteiger partial charge in [0.2, 0.25) is 11.8 Å². The molecule has 136 valence electrons. The Morgan fingerprint density at radius 2 is 2.04 bits per heavy atom. The second-order valence-corrected chi connectivity index (χ2v) is 7.43. The number of aromatic nitrogens is 2. The summed E-state index contributed by atoms with van der Waals surface area (Å²) in [6, 6.07) is 1.47. The molecule has 2 amide bonds. The highest BCUT2D eigenvalue weighted by atomic mass is 16.5. The first-order chi connectivity index (χ1) is 12.2. The number of nitrogens with one attached hydrogen (secondary N) is 1. The molecule has 1 unspecified atom stereocenters. The topological polar surface area (TPSA) is 76.5 Å². The number of hydrogen-bond acceptors (Lipinski definition) is 4. The molecule has 1 aromatic rings. The van der Waals surface area contributed by atoms with Crippen molar-refractivity contribution in [3.8, 4) is 0 Å². The average Bonchev–Trinajstić information content (AvgIpc) is 3.06. The predicted octanol–water partition coefficient (Wildman–Crippen LogP) is 1.11. The Hall–Kier alpha value is -1.89. The van der Waals surface area contributed by atoms with Crippen LogP contribution in [0.2, 0.25) is 0 Å². The number of rotatable bonds is 4. The summed E-state index contributed by atoms with van der Waals surface area (Å²) in [4.78, 5) is 27.3. The number of nitrogens with zero attached hydrogens (tertiary/aromatic N) is 3. The van der Waals surface area contributed by atoms with Gasteiger partial charge >= 0.3 is 0 Å². The zero-order valence-corrected chi connectivity index (χ0v) is 14.5. The molecule has 25 heavy (non-hydrogen) atoms. The molecule has 0 aromatic carbocycles. The first-order valence-electron chi connectivity index (χ1n) is 9.39. The van der Waals surface area contributed by atoms with E-state index in [1.807, 2.05) is 11.0 Å². The summed E-state index contributed by atoms with van der Waals surface area (Å²) in [6.45, 7) is 3.20. The Bertz CT molecular complexity index is 634. The second kappa shape index (κ2) is 7.15. The van der Waals surface area contributed by atoms with Crippen LogP contribution in [0.3, 0.4) is 0 Å². The van der Waals surface area contributed by atoms with Gasteiger partial charge in [-0.15, -0.1) is 0 Å². The molecule has 1 saturated carbocycles.